The first kappa shape index (κ1) is 16.9. The van der Waals surface area contributed by atoms with Gasteiger partial charge in [0.15, 0.2) is 0 Å². The van der Waals surface area contributed by atoms with E-state index < -0.39 is 0 Å². The summed E-state index contributed by atoms with van der Waals surface area (Å²) in [5.74, 6) is 0.622. The second kappa shape index (κ2) is 7.02. The van der Waals surface area contributed by atoms with Crippen molar-refractivity contribution in [3.63, 3.8) is 0 Å². The van der Waals surface area contributed by atoms with Gasteiger partial charge in [0.05, 0.1) is 17.7 Å². The molecule has 0 aromatic carbocycles. The van der Waals surface area contributed by atoms with Crippen LogP contribution in [0.5, 0.6) is 0 Å². The standard InChI is InChI=1S/C19H29N5O/c1-2-11-24-17(22-19(18(24)25)8-4-3-5-9-19)15-13-21-23-16(15)14-7-6-10-20-12-14/h6-7,10,12,15-17,21-23H,2-5,8-9,11,13H2,1H3. The van der Waals surface area contributed by atoms with E-state index in [1.54, 1.807) is 6.20 Å². The summed E-state index contributed by atoms with van der Waals surface area (Å²) in [5.41, 5.74) is 7.57. The van der Waals surface area contributed by atoms with Crippen LogP contribution in [0.1, 0.15) is 57.1 Å². The van der Waals surface area contributed by atoms with Gasteiger partial charge in [-0.1, -0.05) is 32.3 Å². The molecule has 0 bridgehead atoms. The van der Waals surface area contributed by atoms with Crippen LogP contribution in [0.15, 0.2) is 24.5 Å². The van der Waals surface area contributed by atoms with Gasteiger partial charge < -0.3 is 4.90 Å². The third-order valence-corrected chi connectivity index (χ3v) is 6.07. The van der Waals surface area contributed by atoms with Crippen LogP contribution in [-0.2, 0) is 4.79 Å². The maximum atomic E-state index is 13.3. The van der Waals surface area contributed by atoms with Crippen LogP contribution in [0.3, 0.4) is 0 Å². The van der Waals surface area contributed by atoms with Crippen molar-refractivity contribution in [2.24, 2.45) is 5.92 Å². The monoisotopic (exact) mass is 343 g/mol. The fourth-order valence-electron chi connectivity index (χ4n) is 4.85. The molecule has 2 aliphatic heterocycles. The number of hydrogen-bond acceptors (Lipinski definition) is 5. The van der Waals surface area contributed by atoms with Crippen molar-refractivity contribution in [3.05, 3.63) is 30.1 Å². The van der Waals surface area contributed by atoms with E-state index in [1.807, 2.05) is 12.3 Å². The van der Waals surface area contributed by atoms with Gasteiger partial charge in [0, 0.05) is 31.4 Å². The molecule has 136 valence electrons. The summed E-state index contributed by atoms with van der Waals surface area (Å²) in [4.78, 5) is 19.7. The van der Waals surface area contributed by atoms with Crippen LogP contribution in [0.2, 0.25) is 0 Å². The van der Waals surface area contributed by atoms with Gasteiger partial charge in [-0.2, -0.15) is 0 Å². The maximum Gasteiger partial charge on any atom is 0.244 e. The van der Waals surface area contributed by atoms with Gasteiger partial charge in [-0.05, 0) is 30.9 Å². The van der Waals surface area contributed by atoms with Crippen LogP contribution in [-0.4, -0.2) is 40.6 Å². The lowest BCUT2D eigenvalue weighted by molar-refractivity contribution is -0.134. The van der Waals surface area contributed by atoms with E-state index in [0.717, 1.165) is 45.2 Å². The topological polar surface area (TPSA) is 69.3 Å². The summed E-state index contributed by atoms with van der Waals surface area (Å²) in [7, 11) is 0. The third kappa shape index (κ3) is 2.96. The highest BCUT2D eigenvalue weighted by atomic mass is 16.2. The van der Waals surface area contributed by atoms with Gasteiger partial charge in [-0.15, -0.1) is 0 Å². The molecular formula is C19H29N5O. The predicted octanol–water partition coefficient (Wildman–Crippen LogP) is 1.72. The van der Waals surface area contributed by atoms with Crippen molar-refractivity contribution in [1.29, 1.82) is 0 Å². The zero-order valence-electron chi connectivity index (χ0n) is 15.0. The summed E-state index contributed by atoms with van der Waals surface area (Å²) in [6.07, 6.45) is 10.3. The van der Waals surface area contributed by atoms with E-state index >= 15 is 0 Å². The van der Waals surface area contributed by atoms with Crippen LogP contribution in [0, 0.1) is 5.92 Å². The van der Waals surface area contributed by atoms with Gasteiger partial charge in [0.1, 0.15) is 0 Å². The molecule has 4 rings (SSSR count). The Morgan fingerprint density at radius 2 is 2.16 bits per heavy atom. The summed E-state index contributed by atoms with van der Waals surface area (Å²) >= 11 is 0. The van der Waals surface area contributed by atoms with Gasteiger partial charge in [0.25, 0.3) is 0 Å². The number of hydrazine groups is 1. The summed E-state index contributed by atoms with van der Waals surface area (Å²) < 4.78 is 0. The fraction of sp³-hybridized carbons (Fsp3) is 0.684. The van der Waals surface area contributed by atoms with Crippen molar-refractivity contribution in [3.8, 4) is 0 Å². The Hall–Kier alpha value is -1.50. The number of rotatable bonds is 4. The van der Waals surface area contributed by atoms with E-state index in [2.05, 4.69) is 39.0 Å². The van der Waals surface area contributed by atoms with Crippen molar-refractivity contribution < 1.29 is 4.79 Å². The van der Waals surface area contributed by atoms with Crippen LogP contribution in [0.25, 0.3) is 0 Å². The molecule has 6 heteroatoms. The molecule has 25 heavy (non-hydrogen) atoms. The molecule has 2 saturated heterocycles. The Balaban J connectivity index is 1.61. The van der Waals surface area contributed by atoms with Gasteiger partial charge in [-0.3, -0.25) is 20.5 Å². The highest BCUT2D eigenvalue weighted by Crippen LogP contribution is 2.39. The van der Waals surface area contributed by atoms with E-state index in [0.29, 0.717) is 11.8 Å². The van der Waals surface area contributed by atoms with Crippen molar-refractivity contribution in [1.82, 2.24) is 26.1 Å². The normalized spacial score (nSPS) is 31.8. The first-order chi connectivity index (χ1) is 12.2. The number of aromatic nitrogens is 1. The van der Waals surface area contributed by atoms with E-state index in [1.165, 1.54) is 12.0 Å². The van der Waals surface area contributed by atoms with Crippen LogP contribution < -0.4 is 16.2 Å². The van der Waals surface area contributed by atoms with Crippen LogP contribution >= 0.6 is 0 Å². The molecule has 3 aliphatic rings. The van der Waals surface area contributed by atoms with Gasteiger partial charge in [-0.25, -0.2) is 5.43 Å². The highest BCUT2D eigenvalue weighted by Gasteiger charge is 2.54. The number of carbonyl (C=O) groups excluding carboxylic acids is 1. The molecule has 3 heterocycles. The second-order valence-corrected chi connectivity index (χ2v) is 7.68. The van der Waals surface area contributed by atoms with E-state index in [9.17, 15) is 4.79 Å². The Kier molecular flexibility index (Phi) is 4.75. The molecule has 6 nitrogen and oxygen atoms in total. The highest BCUT2D eigenvalue weighted by molar-refractivity contribution is 5.89. The lowest BCUT2D eigenvalue weighted by Crippen LogP contribution is -2.50. The first-order valence-electron chi connectivity index (χ1n) is 9.72. The largest absolute Gasteiger partial charge is 0.325 e. The number of nitrogens with one attached hydrogen (secondary N) is 3. The number of pyridine rings is 1. The molecule has 1 saturated carbocycles. The minimum absolute atomic E-state index is 0.0817. The quantitative estimate of drug-likeness (QED) is 0.777. The zero-order chi connectivity index (χ0) is 17.3. The molecule has 1 aliphatic carbocycles. The molecule has 3 unspecified atom stereocenters. The molecule has 0 radical (unpaired) electrons. The molecule has 1 aromatic heterocycles. The zero-order valence-corrected chi connectivity index (χ0v) is 15.0. The average molecular weight is 343 g/mol. The van der Waals surface area contributed by atoms with Crippen molar-refractivity contribution in [2.75, 3.05) is 13.1 Å². The van der Waals surface area contributed by atoms with Crippen LogP contribution in [0.4, 0.5) is 0 Å². The van der Waals surface area contributed by atoms with Crippen molar-refractivity contribution in [2.45, 2.75) is 63.2 Å². The lowest BCUT2D eigenvalue weighted by Gasteiger charge is -2.33. The third-order valence-electron chi connectivity index (χ3n) is 6.07. The molecule has 3 N–H and O–H groups in total. The molecule has 1 amide bonds. The number of amides is 1. The number of hydrogen-bond donors (Lipinski definition) is 3. The summed E-state index contributed by atoms with van der Waals surface area (Å²) in [5, 5.41) is 3.81. The number of nitrogens with zero attached hydrogens (tertiary/aromatic N) is 2. The Morgan fingerprint density at radius 1 is 1.32 bits per heavy atom. The van der Waals surface area contributed by atoms with Crippen molar-refractivity contribution >= 4 is 5.91 Å². The molecule has 1 aromatic rings. The summed E-state index contributed by atoms with van der Waals surface area (Å²) in [6, 6.07) is 4.26. The molecular weight excluding hydrogens is 314 g/mol. The maximum absolute atomic E-state index is 13.3. The lowest BCUT2D eigenvalue weighted by atomic mass is 9.81. The predicted molar refractivity (Wildman–Crippen MR) is 96.4 cm³/mol. The summed E-state index contributed by atoms with van der Waals surface area (Å²) in [6.45, 7) is 3.83. The Labute approximate surface area is 149 Å². The minimum Gasteiger partial charge on any atom is -0.325 e. The van der Waals surface area contributed by atoms with E-state index in [4.69, 9.17) is 0 Å². The van der Waals surface area contributed by atoms with E-state index in [-0.39, 0.29) is 17.7 Å². The molecule has 1 spiro atoms. The molecule has 3 atom stereocenters. The Bertz CT molecular complexity index is 601. The smallest absolute Gasteiger partial charge is 0.244 e. The Morgan fingerprint density at radius 3 is 2.88 bits per heavy atom. The molecule has 3 fully saturated rings. The minimum atomic E-state index is -0.319. The van der Waals surface area contributed by atoms with Gasteiger partial charge in [0.2, 0.25) is 5.91 Å². The average Bonchev–Trinajstić information content (AvgIpc) is 3.23. The van der Waals surface area contributed by atoms with Gasteiger partial charge >= 0.3 is 0 Å². The first-order valence-corrected chi connectivity index (χ1v) is 9.72. The number of carbonyl (C=O) groups is 1. The fourth-order valence-corrected chi connectivity index (χ4v) is 4.85. The second-order valence-electron chi connectivity index (χ2n) is 7.68. The SMILES string of the molecule is CCCN1C(=O)C2(CCCCC2)NC1C1CNNC1c1cccnc1.